The van der Waals surface area contributed by atoms with E-state index in [1.165, 1.54) is 25.7 Å². The van der Waals surface area contributed by atoms with Crippen molar-refractivity contribution in [2.24, 2.45) is 17.8 Å². The Hall–Kier alpha value is -0.570. The Labute approximate surface area is 91.5 Å². The molecule has 15 heavy (non-hydrogen) atoms. The maximum atomic E-state index is 12.0. The molecule has 3 nitrogen and oxygen atoms in total. The summed E-state index contributed by atoms with van der Waals surface area (Å²) in [4.78, 5) is 13.7. The number of carbonyl (C=O) groups is 1. The Morgan fingerprint density at radius 2 is 1.93 bits per heavy atom. The van der Waals surface area contributed by atoms with Gasteiger partial charge in [0, 0.05) is 19.5 Å². The first-order chi connectivity index (χ1) is 7.11. The molecule has 1 amide bonds. The van der Waals surface area contributed by atoms with Gasteiger partial charge in [0.25, 0.3) is 0 Å². The highest BCUT2D eigenvalue weighted by molar-refractivity contribution is 5.82. The molecule has 0 bridgehead atoms. The fraction of sp³-hybridized carbons (Fsp3) is 0.917. The van der Waals surface area contributed by atoms with Gasteiger partial charge in [0.1, 0.15) is 0 Å². The highest BCUT2D eigenvalue weighted by Crippen LogP contribution is 2.55. The molecule has 2 aliphatic carbocycles. The van der Waals surface area contributed by atoms with Gasteiger partial charge in [0.15, 0.2) is 0 Å². The Morgan fingerprint density at radius 3 is 2.40 bits per heavy atom. The number of hydrogen-bond donors (Lipinski definition) is 1. The summed E-state index contributed by atoms with van der Waals surface area (Å²) >= 11 is 0. The van der Waals surface area contributed by atoms with Crippen LogP contribution < -0.4 is 0 Å². The summed E-state index contributed by atoms with van der Waals surface area (Å²) in [6, 6.07) is 0. The number of nitrogens with zero attached hydrogens (tertiary/aromatic N) is 1. The fourth-order valence-electron chi connectivity index (χ4n) is 3.10. The number of likely N-dealkylation sites (N-methyl/N-ethyl adjacent to an activating group) is 1. The van der Waals surface area contributed by atoms with Crippen molar-refractivity contribution in [3.63, 3.8) is 0 Å². The Morgan fingerprint density at radius 1 is 1.40 bits per heavy atom. The molecule has 2 aliphatic rings. The lowest BCUT2D eigenvalue weighted by Gasteiger charge is -2.18. The van der Waals surface area contributed by atoms with E-state index in [0.717, 1.165) is 0 Å². The van der Waals surface area contributed by atoms with Gasteiger partial charge in [-0.2, -0.15) is 0 Å². The topological polar surface area (TPSA) is 40.5 Å². The number of fused-ring (bicyclic) bond motifs is 1. The van der Waals surface area contributed by atoms with Gasteiger partial charge in [-0.05, 0) is 31.6 Å². The molecule has 0 aromatic rings. The molecule has 0 aromatic carbocycles. The molecule has 3 unspecified atom stereocenters. The molecular weight excluding hydrogens is 190 g/mol. The molecule has 86 valence electrons. The van der Waals surface area contributed by atoms with E-state index in [2.05, 4.69) is 0 Å². The lowest BCUT2D eigenvalue weighted by atomic mass is 10.0. The zero-order valence-corrected chi connectivity index (χ0v) is 9.65. The molecule has 0 aromatic heterocycles. The minimum Gasteiger partial charge on any atom is -0.392 e. The Bertz CT molecular complexity index is 240. The summed E-state index contributed by atoms with van der Waals surface area (Å²) in [5, 5.41) is 9.24. The quantitative estimate of drug-likeness (QED) is 0.763. The lowest BCUT2D eigenvalue weighted by Crippen LogP contribution is -2.34. The second-order valence-corrected chi connectivity index (χ2v) is 5.21. The third kappa shape index (κ3) is 2.17. The second kappa shape index (κ2) is 4.12. The first kappa shape index (κ1) is 10.9. The number of amides is 1. The molecule has 0 radical (unpaired) electrons. The average molecular weight is 211 g/mol. The van der Waals surface area contributed by atoms with Crippen molar-refractivity contribution in [2.45, 2.75) is 38.7 Å². The van der Waals surface area contributed by atoms with Crippen molar-refractivity contribution < 1.29 is 9.90 Å². The molecular formula is C12H21NO2. The molecule has 1 N–H and O–H groups in total. The van der Waals surface area contributed by atoms with Crippen LogP contribution in [0.25, 0.3) is 0 Å². The predicted molar refractivity (Wildman–Crippen MR) is 58.3 cm³/mol. The third-order valence-corrected chi connectivity index (χ3v) is 3.86. The van der Waals surface area contributed by atoms with Crippen LogP contribution in [0.2, 0.25) is 0 Å². The molecule has 0 spiro atoms. The smallest absolute Gasteiger partial charge is 0.226 e. The van der Waals surface area contributed by atoms with E-state index in [0.29, 0.717) is 18.4 Å². The van der Waals surface area contributed by atoms with Crippen molar-refractivity contribution in [1.29, 1.82) is 0 Å². The zero-order valence-electron chi connectivity index (χ0n) is 9.65. The molecule has 2 fully saturated rings. The van der Waals surface area contributed by atoms with Crippen LogP contribution in [-0.2, 0) is 4.79 Å². The van der Waals surface area contributed by atoms with Gasteiger partial charge in [0.05, 0.1) is 6.10 Å². The van der Waals surface area contributed by atoms with Gasteiger partial charge < -0.3 is 10.0 Å². The van der Waals surface area contributed by atoms with Gasteiger partial charge in [-0.25, -0.2) is 0 Å². The first-order valence-corrected chi connectivity index (χ1v) is 6.04. The Kier molecular flexibility index (Phi) is 3.01. The van der Waals surface area contributed by atoms with Crippen LogP contribution in [0.15, 0.2) is 0 Å². The van der Waals surface area contributed by atoms with Crippen LogP contribution in [0.4, 0.5) is 0 Å². The van der Waals surface area contributed by atoms with Crippen molar-refractivity contribution >= 4 is 5.91 Å². The van der Waals surface area contributed by atoms with Crippen LogP contribution in [0.1, 0.15) is 32.6 Å². The Balaban J connectivity index is 1.86. The second-order valence-electron chi connectivity index (χ2n) is 5.21. The molecule has 0 saturated heterocycles. The highest BCUT2D eigenvalue weighted by Gasteiger charge is 2.55. The minimum absolute atomic E-state index is 0.257. The number of carbonyl (C=O) groups excluding carboxylic acids is 1. The molecule has 2 saturated carbocycles. The summed E-state index contributed by atoms with van der Waals surface area (Å²) in [5.41, 5.74) is 0. The molecule has 3 atom stereocenters. The molecule has 2 rings (SSSR count). The monoisotopic (exact) mass is 211 g/mol. The average Bonchev–Trinajstić information content (AvgIpc) is 2.89. The van der Waals surface area contributed by atoms with Crippen LogP contribution in [0, 0.1) is 17.8 Å². The largest absolute Gasteiger partial charge is 0.392 e. The zero-order chi connectivity index (χ0) is 11.0. The van der Waals surface area contributed by atoms with Crippen molar-refractivity contribution in [2.75, 3.05) is 13.6 Å². The fourth-order valence-corrected chi connectivity index (χ4v) is 3.10. The SMILES string of the molecule is CC(O)CN(C)C(=O)C1C2CCCCC21. The summed E-state index contributed by atoms with van der Waals surface area (Å²) < 4.78 is 0. The number of aliphatic hydroxyl groups excluding tert-OH is 1. The third-order valence-electron chi connectivity index (χ3n) is 3.86. The standard InChI is InChI=1S/C12H21NO2/c1-8(14)7-13(2)12(15)11-9-5-3-4-6-10(9)11/h8-11,14H,3-7H2,1-2H3. The summed E-state index contributed by atoms with van der Waals surface area (Å²) in [6.45, 7) is 2.19. The first-order valence-electron chi connectivity index (χ1n) is 6.04. The number of aliphatic hydroxyl groups is 1. The van der Waals surface area contributed by atoms with E-state index >= 15 is 0 Å². The van der Waals surface area contributed by atoms with Gasteiger partial charge in [-0.1, -0.05) is 12.8 Å². The summed E-state index contributed by atoms with van der Waals surface area (Å²) in [7, 11) is 1.80. The van der Waals surface area contributed by atoms with Gasteiger partial charge in [0.2, 0.25) is 5.91 Å². The summed E-state index contributed by atoms with van der Waals surface area (Å²) in [6.07, 6.45) is 4.66. The van der Waals surface area contributed by atoms with E-state index in [1.807, 2.05) is 0 Å². The van der Waals surface area contributed by atoms with Crippen molar-refractivity contribution in [3.05, 3.63) is 0 Å². The van der Waals surface area contributed by atoms with Gasteiger partial charge in [-0.3, -0.25) is 4.79 Å². The number of hydrogen-bond acceptors (Lipinski definition) is 2. The maximum absolute atomic E-state index is 12.0. The van der Waals surface area contributed by atoms with E-state index in [9.17, 15) is 9.90 Å². The highest BCUT2D eigenvalue weighted by atomic mass is 16.3. The van der Waals surface area contributed by atoms with Crippen LogP contribution in [0.5, 0.6) is 0 Å². The predicted octanol–water partition coefficient (Wildman–Crippen LogP) is 1.26. The van der Waals surface area contributed by atoms with E-state index in [-0.39, 0.29) is 11.8 Å². The minimum atomic E-state index is -0.417. The molecule has 0 heterocycles. The van der Waals surface area contributed by atoms with E-state index < -0.39 is 6.10 Å². The summed E-state index contributed by atoms with van der Waals surface area (Å²) in [5.74, 6) is 1.88. The van der Waals surface area contributed by atoms with Gasteiger partial charge >= 0.3 is 0 Å². The van der Waals surface area contributed by atoms with Crippen molar-refractivity contribution in [1.82, 2.24) is 4.90 Å². The van der Waals surface area contributed by atoms with E-state index in [4.69, 9.17) is 0 Å². The lowest BCUT2D eigenvalue weighted by molar-refractivity contribution is -0.133. The molecule has 3 heteroatoms. The molecule has 0 aliphatic heterocycles. The number of rotatable bonds is 3. The van der Waals surface area contributed by atoms with Gasteiger partial charge in [-0.15, -0.1) is 0 Å². The van der Waals surface area contributed by atoms with E-state index in [1.54, 1.807) is 18.9 Å². The van der Waals surface area contributed by atoms with Crippen molar-refractivity contribution in [3.8, 4) is 0 Å². The normalized spacial score (nSPS) is 35.5. The van der Waals surface area contributed by atoms with Crippen LogP contribution >= 0.6 is 0 Å². The van der Waals surface area contributed by atoms with Crippen LogP contribution in [0.3, 0.4) is 0 Å². The maximum Gasteiger partial charge on any atom is 0.226 e. The van der Waals surface area contributed by atoms with Crippen LogP contribution in [-0.4, -0.2) is 35.6 Å².